The summed E-state index contributed by atoms with van der Waals surface area (Å²) in [6, 6.07) is 8.14. The van der Waals surface area contributed by atoms with E-state index in [1.807, 2.05) is 39.0 Å². The van der Waals surface area contributed by atoms with Crippen molar-refractivity contribution < 1.29 is 14.0 Å². The minimum Gasteiger partial charge on any atom is -0.450 e. The summed E-state index contributed by atoms with van der Waals surface area (Å²) in [4.78, 5) is 12.2. The van der Waals surface area contributed by atoms with Crippen molar-refractivity contribution in [1.82, 2.24) is 5.32 Å². The van der Waals surface area contributed by atoms with Crippen LogP contribution >= 0.6 is 0 Å². The minimum atomic E-state index is -0.490. The van der Waals surface area contributed by atoms with Crippen LogP contribution in [0, 0.1) is 0 Å². The van der Waals surface area contributed by atoms with Crippen LogP contribution in [0.3, 0.4) is 0 Å². The molecule has 0 aromatic heterocycles. The maximum atomic E-state index is 12.2. The van der Waals surface area contributed by atoms with Gasteiger partial charge in [-0.15, -0.1) is 0 Å². The standard InChI is InChI=1S/C25H40N2O2/c1-21(2)22-14-13-15-23(20-22)25(3,4)26-24(28)29-19-12-7-6-9-16-27(5)17-10-8-11-18-27/h13-15,20H,1,6-12,16-19H2,2-5H3/p+1. The summed E-state index contributed by atoms with van der Waals surface area (Å²) in [5.41, 5.74) is 2.66. The van der Waals surface area contributed by atoms with Crippen molar-refractivity contribution in [2.45, 2.75) is 71.3 Å². The highest BCUT2D eigenvalue weighted by atomic mass is 16.5. The van der Waals surface area contributed by atoms with Crippen molar-refractivity contribution in [3.05, 3.63) is 42.0 Å². The van der Waals surface area contributed by atoms with Gasteiger partial charge in [-0.3, -0.25) is 0 Å². The molecule has 0 aliphatic carbocycles. The molecule has 0 spiro atoms. The van der Waals surface area contributed by atoms with Crippen LogP contribution in [0.15, 0.2) is 30.8 Å². The van der Waals surface area contributed by atoms with Crippen LogP contribution in [0.25, 0.3) is 5.57 Å². The Kier molecular flexibility index (Phi) is 8.76. The van der Waals surface area contributed by atoms with Crippen LogP contribution in [0.5, 0.6) is 0 Å². The van der Waals surface area contributed by atoms with Crippen LogP contribution in [-0.4, -0.2) is 43.9 Å². The molecule has 4 heteroatoms. The summed E-state index contributed by atoms with van der Waals surface area (Å²) in [5, 5.41) is 3.00. The van der Waals surface area contributed by atoms with Crippen molar-refractivity contribution >= 4 is 11.7 Å². The third-order valence-electron chi connectivity index (χ3n) is 6.21. The van der Waals surface area contributed by atoms with E-state index in [0.717, 1.165) is 29.5 Å². The Balaban J connectivity index is 1.63. The van der Waals surface area contributed by atoms with E-state index in [9.17, 15) is 4.79 Å². The van der Waals surface area contributed by atoms with Gasteiger partial charge in [0.15, 0.2) is 0 Å². The molecule has 1 aromatic carbocycles. The average Bonchev–Trinajstić information content (AvgIpc) is 2.67. The third-order valence-corrected chi connectivity index (χ3v) is 6.21. The second-order valence-corrected chi connectivity index (χ2v) is 9.51. The lowest BCUT2D eigenvalue weighted by Crippen LogP contribution is -2.48. The number of rotatable bonds is 10. The molecule has 0 unspecified atom stereocenters. The number of likely N-dealkylation sites (tertiary alicyclic amines) is 1. The molecule has 162 valence electrons. The van der Waals surface area contributed by atoms with Gasteiger partial charge in [0.05, 0.1) is 38.8 Å². The third kappa shape index (κ3) is 7.85. The molecule has 1 aromatic rings. The molecule has 1 aliphatic heterocycles. The fraction of sp³-hybridized carbons (Fsp3) is 0.640. The number of hydrogen-bond acceptors (Lipinski definition) is 2. The SMILES string of the molecule is C=C(C)c1cccc(C(C)(C)NC(=O)OCCCCCC[N+]2(C)CCCCC2)c1. The van der Waals surface area contributed by atoms with E-state index in [-0.39, 0.29) is 6.09 Å². The molecule has 1 N–H and O–H groups in total. The Morgan fingerprint density at radius 2 is 1.83 bits per heavy atom. The number of benzene rings is 1. The molecule has 0 bridgehead atoms. The number of nitrogens with one attached hydrogen (secondary N) is 1. The molecular weight excluding hydrogens is 360 g/mol. The Morgan fingerprint density at radius 1 is 1.14 bits per heavy atom. The van der Waals surface area contributed by atoms with Gasteiger partial charge in [-0.25, -0.2) is 4.79 Å². The molecule has 0 saturated carbocycles. The fourth-order valence-corrected chi connectivity index (χ4v) is 4.15. The number of hydrogen-bond donors (Lipinski definition) is 1. The van der Waals surface area contributed by atoms with Crippen molar-refractivity contribution in [1.29, 1.82) is 0 Å². The quantitative estimate of drug-likeness (QED) is 0.393. The predicted octanol–water partition coefficient (Wildman–Crippen LogP) is 5.87. The van der Waals surface area contributed by atoms with Crippen LogP contribution in [0.2, 0.25) is 0 Å². The number of ether oxygens (including phenoxy) is 1. The summed E-state index contributed by atoms with van der Waals surface area (Å²) < 4.78 is 6.67. The summed E-state index contributed by atoms with van der Waals surface area (Å²) in [5.74, 6) is 0. The van der Waals surface area contributed by atoms with Gasteiger partial charge in [-0.05, 0) is 82.9 Å². The fourth-order valence-electron chi connectivity index (χ4n) is 4.15. The van der Waals surface area contributed by atoms with Gasteiger partial charge in [-0.2, -0.15) is 0 Å². The Morgan fingerprint density at radius 3 is 2.52 bits per heavy atom. The molecule has 0 radical (unpaired) electrons. The van der Waals surface area contributed by atoms with Gasteiger partial charge < -0.3 is 14.5 Å². The van der Waals surface area contributed by atoms with E-state index >= 15 is 0 Å². The molecule has 2 rings (SSSR count). The van der Waals surface area contributed by atoms with E-state index in [1.54, 1.807) is 0 Å². The topological polar surface area (TPSA) is 38.3 Å². The highest BCUT2D eigenvalue weighted by Crippen LogP contribution is 2.23. The second-order valence-electron chi connectivity index (χ2n) is 9.51. The first-order valence-corrected chi connectivity index (χ1v) is 11.3. The number of quaternary nitrogens is 1. The van der Waals surface area contributed by atoms with E-state index in [2.05, 4.69) is 25.0 Å². The van der Waals surface area contributed by atoms with Crippen LogP contribution in [0.4, 0.5) is 4.79 Å². The van der Waals surface area contributed by atoms with Gasteiger partial charge in [0.2, 0.25) is 0 Å². The number of unbranched alkanes of at least 4 members (excludes halogenated alkanes) is 3. The summed E-state index contributed by atoms with van der Waals surface area (Å²) in [6.45, 7) is 14.4. The van der Waals surface area contributed by atoms with E-state index in [0.29, 0.717) is 6.61 Å². The Labute approximate surface area is 177 Å². The lowest BCUT2D eigenvalue weighted by Gasteiger charge is -2.37. The molecule has 1 amide bonds. The van der Waals surface area contributed by atoms with E-state index in [1.165, 1.54) is 56.2 Å². The largest absolute Gasteiger partial charge is 0.450 e. The second kappa shape index (κ2) is 10.8. The van der Waals surface area contributed by atoms with Gasteiger partial charge in [-0.1, -0.05) is 30.4 Å². The van der Waals surface area contributed by atoms with Gasteiger partial charge in [0.25, 0.3) is 0 Å². The number of piperidine rings is 1. The molecule has 1 aliphatic rings. The van der Waals surface area contributed by atoms with Crippen molar-refractivity contribution in [3.63, 3.8) is 0 Å². The monoisotopic (exact) mass is 401 g/mol. The molecular formula is C25H41N2O2+. The van der Waals surface area contributed by atoms with Crippen LogP contribution in [-0.2, 0) is 10.3 Å². The average molecular weight is 402 g/mol. The van der Waals surface area contributed by atoms with Crippen molar-refractivity contribution in [2.24, 2.45) is 0 Å². The maximum absolute atomic E-state index is 12.2. The molecule has 29 heavy (non-hydrogen) atoms. The zero-order valence-corrected chi connectivity index (χ0v) is 19.1. The highest BCUT2D eigenvalue weighted by molar-refractivity contribution is 5.69. The number of carbonyl (C=O) groups is 1. The Hall–Kier alpha value is -1.81. The predicted molar refractivity (Wildman–Crippen MR) is 122 cm³/mol. The normalized spacial score (nSPS) is 16.3. The van der Waals surface area contributed by atoms with Crippen LogP contribution in [0.1, 0.15) is 76.8 Å². The van der Waals surface area contributed by atoms with Gasteiger partial charge >= 0.3 is 6.09 Å². The number of carbonyl (C=O) groups excluding carboxylic acids is 1. The summed E-state index contributed by atoms with van der Waals surface area (Å²) in [7, 11) is 2.40. The number of allylic oxidation sites excluding steroid dienone is 1. The highest BCUT2D eigenvalue weighted by Gasteiger charge is 2.24. The zero-order chi connectivity index (χ0) is 21.3. The summed E-state index contributed by atoms with van der Waals surface area (Å²) >= 11 is 0. The lowest BCUT2D eigenvalue weighted by molar-refractivity contribution is -0.914. The van der Waals surface area contributed by atoms with Crippen molar-refractivity contribution in [3.8, 4) is 0 Å². The van der Waals surface area contributed by atoms with E-state index < -0.39 is 5.54 Å². The first kappa shape index (κ1) is 23.5. The number of amides is 1. The molecule has 0 atom stereocenters. The zero-order valence-electron chi connectivity index (χ0n) is 19.1. The first-order valence-electron chi connectivity index (χ1n) is 11.3. The lowest BCUT2D eigenvalue weighted by atomic mass is 9.92. The van der Waals surface area contributed by atoms with E-state index in [4.69, 9.17) is 4.74 Å². The molecule has 1 saturated heterocycles. The number of nitrogens with zero attached hydrogens (tertiary/aromatic N) is 1. The molecule has 1 heterocycles. The van der Waals surface area contributed by atoms with Crippen molar-refractivity contribution in [2.75, 3.05) is 33.3 Å². The molecule has 4 nitrogen and oxygen atoms in total. The smallest absolute Gasteiger partial charge is 0.407 e. The van der Waals surface area contributed by atoms with Gasteiger partial charge in [0.1, 0.15) is 0 Å². The van der Waals surface area contributed by atoms with Crippen LogP contribution < -0.4 is 5.32 Å². The maximum Gasteiger partial charge on any atom is 0.407 e. The Bertz CT molecular complexity index is 675. The molecule has 1 fully saturated rings. The number of alkyl carbamates (subject to hydrolysis) is 1. The first-order chi connectivity index (χ1) is 13.7. The summed E-state index contributed by atoms with van der Waals surface area (Å²) in [6.07, 6.45) is 8.37. The van der Waals surface area contributed by atoms with Gasteiger partial charge in [0, 0.05) is 0 Å². The minimum absolute atomic E-state index is 0.345.